The molecule has 0 heterocycles. The first-order chi connectivity index (χ1) is 6.24. The van der Waals surface area contributed by atoms with Crippen LogP contribution in [-0.4, -0.2) is 6.15 Å². The molecule has 0 aliphatic heterocycles. The van der Waals surface area contributed by atoms with Gasteiger partial charge in [0.15, 0.2) is 0 Å². The molecule has 72 valence electrons. The predicted molar refractivity (Wildman–Crippen MR) is 65.8 cm³/mol. The fourth-order valence-corrected chi connectivity index (χ4v) is 1.99. The fraction of sp³-hybridized carbons (Fsp3) is 0.333. The van der Waals surface area contributed by atoms with E-state index < -0.39 is 6.15 Å². The summed E-state index contributed by atoms with van der Waals surface area (Å²) in [6, 6.07) is 0. The van der Waals surface area contributed by atoms with E-state index in [-0.39, 0.29) is 0 Å². The van der Waals surface area contributed by atoms with Crippen LogP contribution in [0, 0.1) is 0 Å². The first kappa shape index (κ1) is 12.0. The van der Waals surface area contributed by atoms with E-state index in [0.29, 0.717) is 0 Å². The second-order valence-corrected chi connectivity index (χ2v) is 3.83. The third kappa shape index (κ3) is 3.98. The molecule has 0 atom stereocenters. The summed E-state index contributed by atoms with van der Waals surface area (Å²) in [6.07, 6.45) is 11.8. The van der Waals surface area contributed by atoms with Gasteiger partial charge in [0.1, 0.15) is 0 Å². The Labute approximate surface area is 82.7 Å². The van der Waals surface area contributed by atoms with Gasteiger partial charge < -0.3 is 0 Å². The van der Waals surface area contributed by atoms with E-state index in [9.17, 15) is 0 Å². The average Bonchev–Trinajstić information content (AvgIpc) is 2.06. The quantitative estimate of drug-likeness (QED) is 0.383. The Morgan fingerprint density at radius 2 is 0.846 bits per heavy atom. The van der Waals surface area contributed by atoms with Crippen molar-refractivity contribution in [3.05, 3.63) is 50.6 Å². The lowest BCUT2D eigenvalue weighted by molar-refractivity contribution is 1.30. The summed E-state index contributed by atoms with van der Waals surface area (Å²) in [7, 11) is 0. The van der Waals surface area contributed by atoms with Crippen molar-refractivity contribution in [2.45, 2.75) is 25.3 Å². The zero-order valence-electron chi connectivity index (χ0n) is 8.54. The number of hydrogen-bond donors (Lipinski definition) is 0. The third-order valence-electron chi connectivity index (χ3n) is 2.67. The van der Waals surface area contributed by atoms with Crippen LogP contribution in [0.4, 0.5) is 0 Å². The summed E-state index contributed by atoms with van der Waals surface area (Å²) < 4.78 is 0. The van der Waals surface area contributed by atoms with Gasteiger partial charge in [-0.25, -0.2) is 0 Å². The number of allylic oxidation sites excluding steroid dienone is 4. The summed E-state index contributed by atoms with van der Waals surface area (Å²) in [4.78, 5) is 0. The molecule has 0 bridgehead atoms. The lowest BCUT2D eigenvalue weighted by Gasteiger charge is -2.35. The van der Waals surface area contributed by atoms with Gasteiger partial charge in [-0.15, -0.1) is 50.6 Å². The molecule has 0 unspecified atom stereocenters. The van der Waals surface area contributed by atoms with Gasteiger partial charge in [0.2, 0.25) is 0 Å². The largest absolute Gasteiger partial charge is 0.159 e. The molecule has 0 aliphatic rings. The molecule has 0 aromatic rings. The molecule has 0 aromatic carbocycles. The Hall–Kier alpha value is -0.975. The minimum atomic E-state index is -0.444. The molecule has 0 saturated heterocycles. The molecule has 0 aliphatic carbocycles. The van der Waals surface area contributed by atoms with E-state index >= 15 is 0 Å². The predicted octanol–water partition coefficient (Wildman–Crippen LogP) is 4.18. The summed E-state index contributed by atoms with van der Waals surface area (Å²) in [5, 5.41) is 0. The van der Waals surface area contributed by atoms with Gasteiger partial charge in [-0.05, 0) is 0 Å². The molecular formula is C12H20B-. The van der Waals surface area contributed by atoms with Crippen molar-refractivity contribution in [2.75, 3.05) is 0 Å². The maximum Gasteiger partial charge on any atom is 0.0160 e. The highest BCUT2D eigenvalue weighted by Crippen LogP contribution is 2.27. The van der Waals surface area contributed by atoms with Crippen LogP contribution in [-0.2, 0) is 0 Å². The molecule has 0 nitrogen and oxygen atoms in total. The molecule has 1 heteroatoms. The molecule has 0 fully saturated rings. The summed E-state index contributed by atoms with van der Waals surface area (Å²) in [6.45, 7) is 15.2. The molecule has 0 N–H and O–H groups in total. The van der Waals surface area contributed by atoms with Crippen LogP contribution in [0.25, 0.3) is 0 Å². The summed E-state index contributed by atoms with van der Waals surface area (Å²) in [5.41, 5.74) is 0. The monoisotopic (exact) mass is 175 g/mol. The number of hydrogen-bond acceptors (Lipinski definition) is 0. The van der Waals surface area contributed by atoms with Crippen LogP contribution in [0.5, 0.6) is 0 Å². The van der Waals surface area contributed by atoms with Crippen LogP contribution < -0.4 is 0 Å². The van der Waals surface area contributed by atoms with Gasteiger partial charge in [-0.1, -0.05) is 0 Å². The van der Waals surface area contributed by atoms with Crippen molar-refractivity contribution < 1.29 is 0 Å². The highest BCUT2D eigenvalue weighted by Gasteiger charge is 2.18. The van der Waals surface area contributed by atoms with Gasteiger partial charge >= 0.3 is 0 Å². The minimum Gasteiger partial charge on any atom is -0.159 e. The van der Waals surface area contributed by atoms with Gasteiger partial charge in [0.25, 0.3) is 0 Å². The Balaban J connectivity index is 4.53. The maximum absolute atomic E-state index is 3.80. The van der Waals surface area contributed by atoms with Crippen LogP contribution in [0.15, 0.2) is 50.6 Å². The lowest BCUT2D eigenvalue weighted by Crippen LogP contribution is -2.30. The van der Waals surface area contributed by atoms with Crippen molar-refractivity contribution >= 4 is 6.15 Å². The zero-order valence-corrected chi connectivity index (χ0v) is 8.54. The fourth-order valence-electron chi connectivity index (χ4n) is 1.99. The zero-order chi connectivity index (χ0) is 10.2. The standard InChI is InChI=1S/C12H20B/c1-5-9-13(10-6-2,11-7-3)12-8-4/h5-8H,1-4,9-12H2/q-1. The highest BCUT2D eigenvalue weighted by molar-refractivity contribution is 6.81. The molecule has 0 saturated carbocycles. The van der Waals surface area contributed by atoms with Crippen LogP contribution in [0.3, 0.4) is 0 Å². The van der Waals surface area contributed by atoms with Crippen molar-refractivity contribution in [1.82, 2.24) is 0 Å². The Bertz CT molecular complexity index is 146. The lowest BCUT2D eigenvalue weighted by atomic mass is 9.18. The van der Waals surface area contributed by atoms with Crippen molar-refractivity contribution in [3.8, 4) is 0 Å². The van der Waals surface area contributed by atoms with E-state index in [1.807, 2.05) is 24.3 Å². The van der Waals surface area contributed by atoms with Crippen molar-refractivity contribution in [2.24, 2.45) is 0 Å². The average molecular weight is 175 g/mol. The summed E-state index contributed by atoms with van der Waals surface area (Å²) in [5.74, 6) is 0. The number of rotatable bonds is 8. The first-order valence-electron chi connectivity index (χ1n) is 4.90. The van der Waals surface area contributed by atoms with E-state index in [0.717, 1.165) is 25.3 Å². The van der Waals surface area contributed by atoms with E-state index in [1.165, 1.54) is 0 Å². The smallest absolute Gasteiger partial charge is 0.0160 e. The first-order valence-corrected chi connectivity index (χ1v) is 4.90. The highest BCUT2D eigenvalue weighted by atomic mass is 13.9. The third-order valence-corrected chi connectivity index (χ3v) is 2.67. The molecule has 0 radical (unpaired) electrons. The Kier molecular flexibility index (Phi) is 6.04. The molecular weight excluding hydrogens is 155 g/mol. The van der Waals surface area contributed by atoms with E-state index in [4.69, 9.17) is 0 Å². The normalized spacial score (nSPS) is 10.5. The SMILES string of the molecule is C=CC[B-](CC=C)(CC=C)CC=C. The second-order valence-electron chi connectivity index (χ2n) is 3.83. The molecule has 0 aromatic heterocycles. The molecule has 0 amide bonds. The van der Waals surface area contributed by atoms with Crippen LogP contribution in [0.2, 0.25) is 25.3 Å². The van der Waals surface area contributed by atoms with Crippen molar-refractivity contribution in [1.29, 1.82) is 0 Å². The molecule has 13 heavy (non-hydrogen) atoms. The Morgan fingerprint density at radius 1 is 0.615 bits per heavy atom. The molecule has 0 spiro atoms. The van der Waals surface area contributed by atoms with Gasteiger partial charge in [-0.2, -0.15) is 25.3 Å². The maximum atomic E-state index is 3.80. The van der Waals surface area contributed by atoms with Gasteiger partial charge in [0.05, 0.1) is 0 Å². The van der Waals surface area contributed by atoms with Crippen molar-refractivity contribution in [3.63, 3.8) is 0 Å². The second kappa shape index (κ2) is 6.53. The van der Waals surface area contributed by atoms with E-state index in [2.05, 4.69) is 26.3 Å². The van der Waals surface area contributed by atoms with E-state index in [1.54, 1.807) is 0 Å². The minimum absolute atomic E-state index is 0.444. The van der Waals surface area contributed by atoms with Gasteiger partial charge in [-0.3, -0.25) is 0 Å². The van der Waals surface area contributed by atoms with Crippen LogP contribution >= 0.6 is 0 Å². The molecule has 0 rings (SSSR count). The topological polar surface area (TPSA) is 0 Å². The van der Waals surface area contributed by atoms with Gasteiger partial charge in [0, 0.05) is 6.15 Å². The Morgan fingerprint density at radius 3 is 1.00 bits per heavy atom. The van der Waals surface area contributed by atoms with Crippen LogP contribution in [0.1, 0.15) is 0 Å². The summed E-state index contributed by atoms with van der Waals surface area (Å²) >= 11 is 0.